The number of benzene rings is 2. The molecular formula is C24H29N3O5. The molecule has 1 heterocycles. The molecule has 0 unspecified atom stereocenters. The third-order valence-corrected chi connectivity index (χ3v) is 6.51. The van der Waals surface area contributed by atoms with Crippen LogP contribution >= 0.6 is 0 Å². The summed E-state index contributed by atoms with van der Waals surface area (Å²) in [5.41, 5.74) is 4.84. The van der Waals surface area contributed by atoms with E-state index < -0.39 is 0 Å². The Balaban J connectivity index is 1.54. The maximum absolute atomic E-state index is 10.4. The van der Waals surface area contributed by atoms with Gasteiger partial charge in [-0.3, -0.25) is 0 Å². The molecule has 0 atom stereocenters. The molecule has 3 aromatic rings. The van der Waals surface area contributed by atoms with Gasteiger partial charge in [-0.15, -0.1) is 0 Å². The molecule has 2 N–H and O–H groups in total. The highest BCUT2D eigenvalue weighted by molar-refractivity contribution is 6.00. The van der Waals surface area contributed by atoms with Crippen LogP contribution in [0.15, 0.2) is 40.1 Å². The van der Waals surface area contributed by atoms with Gasteiger partial charge in [0.05, 0.1) is 12.8 Å². The van der Waals surface area contributed by atoms with E-state index in [1.807, 2.05) is 31.2 Å². The topological polar surface area (TPSA) is 110 Å². The van der Waals surface area contributed by atoms with Gasteiger partial charge in [0.15, 0.2) is 11.5 Å². The number of aromatic hydroxyl groups is 1. The largest absolute Gasteiger partial charge is 0.504 e. The van der Waals surface area contributed by atoms with Crippen LogP contribution in [0.4, 0.5) is 0 Å². The summed E-state index contributed by atoms with van der Waals surface area (Å²) in [6.07, 6.45) is 3.81. The number of rotatable bonds is 7. The van der Waals surface area contributed by atoms with Crippen molar-refractivity contribution in [3.63, 3.8) is 0 Å². The number of oxime groups is 1. The Bertz CT molecular complexity index is 1120. The molecular weight excluding hydrogens is 410 g/mol. The number of phenols is 1. The number of nitrogens with zero attached hydrogens (tertiary/aromatic N) is 3. The SMILES string of the molecule is COc1cc([C@H]2CC[C@](C)(CO)CC2)c(C(C)=NOCc2ccc3nonc3c2)cc1O. The zero-order valence-corrected chi connectivity index (χ0v) is 18.7. The standard InChI is InChI=1S/C24H29N3O5/c1-15(25-31-13-16-4-5-20-21(10-16)27-32-26-20)18-11-22(29)23(30-3)12-19(18)17-6-8-24(2,14-28)9-7-17/h4-5,10-12,17,28-29H,6-9,13-14H2,1-3H3/t17-,24-. The normalized spacial score (nSPS) is 21.6. The van der Waals surface area contributed by atoms with Gasteiger partial charge in [0.25, 0.3) is 0 Å². The third-order valence-electron chi connectivity index (χ3n) is 6.51. The maximum atomic E-state index is 10.4. The number of aromatic nitrogens is 2. The second-order valence-corrected chi connectivity index (χ2v) is 8.89. The minimum absolute atomic E-state index is 0.0234. The Morgan fingerprint density at radius 2 is 1.94 bits per heavy atom. The first-order valence-electron chi connectivity index (χ1n) is 10.8. The van der Waals surface area contributed by atoms with Crippen LogP contribution in [0, 0.1) is 5.41 Å². The fourth-order valence-electron chi connectivity index (χ4n) is 4.35. The van der Waals surface area contributed by atoms with Crippen LogP contribution in [0.2, 0.25) is 0 Å². The second kappa shape index (κ2) is 9.16. The van der Waals surface area contributed by atoms with Crippen LogP contribution < -0.4 is 4.74 Å². The number of hydrogen-bond donors (Lipinski definition) is 2. The summed E-state index contributed by atoms with van der Waals surface area (Å²) in [5.74, 6) is 0.814. The van der Waals surface area contributed by atoms with E-state index in [9.17, 15) is 10.2 Å². The van der Waals surface area contributed by atoms with E-state index in [2.05, 4.69) is 22.4 Å². The van der Waals surface area contributed by atoms with Crippen LogP contribution in [0.5, 0.6) is 11.5 Å². The van der Waals surface area contributed by atoms with Crippen molar-refractivity contribution in [3.05, 3.63) is 47.0 Å². The predicted octanol–water partition coefficient (Wildman–Crippen LogP) is 4.53. The molecule has 8 heteroatoms. The lowest BCUT2D eigenvalue weighted by atomic mass is 9.69. The Kier molecular flexibility index (Phi) is 6.32. The van der Waals surface area contributed by atoms with E-state index >= 15 is 0 Å². The van der Waals surface area contributed by atoms with Crippen molar-refractivity contribution < 1.29 is 24.4 Å². The molecule has 0 spiro atoms. The summed E-state index contributed by atoms with van der Waals surface area (Å²) in [6, 6.07) is 9.17. The van der Waals surface area contributed by atoms with Crippen molar-refractivity contribution in [1.82, 2.24) is 10.3 Å². The quantitative estimate of drug-likeness (QED) is 0.411. The molecule has 1 aromatic heterocycles. The molecule has 0 bridgehead atoms. The predicted molar refractivity (Wildman–Crippen MR) is 120 cm³/mol. The second-order valence-electron chi connectivity index (χ2n) is 8.89. The van der Waals surface area contributed by atoms with E-state index in [0.717, 1.165) is 42.4 Å². The number of fused-ring (bicyclic) bond motifs is 1. The lowest BCUT2D eigenvalue weighted by molar-refractivity contribution is 0.0934. The molecule has 2 aromatic carbocycles. The number of hydrogen-bond acceptors (Lipinski definition) is 8. The number of phenolic OH excluding ortho intramolecular Hbond substituents is 1. The van der Waals surface area contributed by atoms with Crippen LogP contribution in [-0.4, -0.2) is 40.0 Å². The van der Waals surface area contributed by atoms with Crippen molar-refractivity contribution in [1.29, 1.82) is 0 Å². The molecule has 32 heavy (non-hydrogen) atoms. The number of ether oxygens (including phenoxy) is 1. The van der Waals surface area contributed by atoms with Crippen molar-refractivity contribution in [2.24, 2.45) is 10.6 Å². The summed E-state index contributed by atoms with van der Waals surface area (Å²) >= 11 is 0. The fraction of sp³-hybridized carbons (Fsp3) is 0.458. The zero-order valence-electron chi connectivity index (χ0n) is 18.7. The molecule has 1 aliphatic rings. The van der Waals surface area contributed by atoms with Crippen LogP contribution in [0.25, 0.3) is 11.0 Å². The number of methoxy groups -OCH3 is 1. The average molecular weight is 440 g/mol. The van der Waals surface area contributed by atoms with E-state index in [0.29, 0.717) is 28.4 Å². The van der Waals surface area contributed by atoms with Crippen LogP contribution in [0.3, 0.4) is 0 Å². The first-order valence-corrected chi connectivity index (χ1v) is 10.8. The van der Waals surface area contributed by atoms with Gasteiger partial charge in [-0.05, 0) is 89.6 Å². The molecule has 1 saturated carbocycles. The highest BCUT2D eigenvalue weighted by Gasteiger charge is 2.32. The summed E-state index contributed by atoms with van der Waals surface area (Å²) < 4.78 is 10.1. The van der Waals surface area contributed by atoms with Gasteiger partial charge >= 0.3 is 0 Å². The minimum Gasteiger partial charge on any atom is -0.504 e. The zero-order chi connectivity index (χ0) is 22.7. The smallest absolute Gasteiger partial charge is 0.160 e. The van der Waals surface area contributed by atoms with E-state index in [4.69, 9.17) is 14.2 Å². The summed E-state index contributed by atoms with van der Waals surface area (Å²) in [4.78, 5) is 5.61. The van der Waals surface area contributed by atoms with Crippen LogP contribution in [0.1, 0.15) is 62.1 Å². The minimum atomic E-state index is -0.0234. The molecule has 0 radical (unpaired) electrons. The monoisotopic (exact) mass is 439 g/mol. The Morgan fingerprint density at radius 1 is 1.19 bits per heavy atom. The van der Waals surface area contributed by atoms with Gasteiger partial charge in [0, 0.05) is 12.2 Å². The molecule has 1 aliphatic carbocycles. The lowest BCUT2D eigenvalue weighted by Crippen LogP contribution is -2.27. The van der Waals surface area contributed by atoms with E-state index in [1.54, 1.807) is 13.2 Å². The molecule has 1 fully saturated rings. The number of aliphatic hydroxyl groups excluding tert-OH is 1. The first-order chi connectivity index (χ1) is 15.4. The van der Waals surface area contributed by atoms with Gasteiger partial charge in [-0.25, -0.2) is 4.63 Å². The van der Waals surface area contributed by atoms with Gasteiger partial charge in [0.1, 0.15) is 17.6 Å². The lowest BCUT2D eigenvalue weighted by Gasteiger charge is -2.36. The first kappa shape index (κ1) is 22.1. The molecule has 4 rings (SSSR count). The highest BCUT2D eigenvalue weighted by Crippen LogP contribution is 2.45. The summed E-state index contributed by atoms with van der Waals surface area (Å²) in [6.45, 7) is 4.48. The molecule has 0 amide bonds. The third kappa shape index (κ3) is 4.55. The van der Waals surface area contributed by atoms with Gasteiger partial charge in [0.2, 0.25) is 0 Å². The molecule has 8 nitrogen and oxygen atoms in total. The van der Waals surface area contributed by atoms with E-state index in [-0.39, 0.29) is 24.4 Å². The Labute approximate surface area is 186 Å². The van der Waals surface area contributed by atoms with Crippen molar-refractivity contribution in [3.8, 4) is 11.5 Å². The van der Waals surface area contributed by atoms with Crippen LogP contribution in [-0.2, 0) is 11.4 Å². The van der Waals surface area contributed by atoms with E-state index in [1.165, 1.54) is 0 Å². The van der Waals surface area contributed by atoms with Gasteiger partial charge in [-0.1, -0.05) is 18.1 Å². The summed E-state index contributed by atoms with van der Waals surface area (Å²) in [7, 11) is 1.55. The molecule has 0 aliphatic heterocycles. The van der Waals surface area contributed by atoms with Gasteiger partial charge < -0.3 is 19.8 Å². The summed E-state index contributed by atoms with van der Waals surface area (Å²) in [5, 5.41) is 32.1. The molecule has 170 valence electrons. The van der Waals surface area contributed by atoms with Crippen molar-refractivity contribution >= 4 is 16.7 Å². The Hall–Kier alpha value is -3.13. The average Bonchev–Trinajstić information content (AvgIpc) is 3.27. The Morgan fingerprint density at radius 3 is 2.66 bits per heavy atom. The van der Waals surface area contributed by atoms with Gasteiger partial charge in [-0.2, -0.15) is 0 Å². The number of aliphatic hydroxyl groups is 1. The maximum Gasteiger partial charge on any atom is 0.160 e. The molecule has 0 saturated heterocycles. The fourth-order valence-corrected chi connectivity index (χ4v) is 4.35. The van der Waals surface area contributed by atoms with Crippen molar-refractivity contribution in [2.45, 2.75) is 52.1 Å². The highest BCUT2D eigenvalue weighted by atomic mass is 16.6. The van der Waals surface area contributed by atoms with Crippen molar-refractivity contribution in [2.75, 3.05) is 13.7 Å².